The first-order valence-corrected chi connectivity index (χ1v) is 11.0. The fraction of sp³-hybridized carbons (Fsp3) is 1.00. The van der Waals surface area contributed by atoms with Crippen LogP contribution in [0.1, 0.15) is 86.0 Å². The molecule has 6 rings (SSSR count). The number of rotatable bonds is 6. The molecule has 1 heteroatoms. The second-order valence-electron chi connectivity index (χ2n) is 11.2. The van der Waals surface area contributed by atoms with Gasteiger partial charge in [-0.2, -0.15) is 0 Å². The molecule has 0 aromatic rings. The van der Waals surface area contributed by atoms with E-state index in [1.807, 2.05) is 0 Å². The molecule has 0 aliphatic heterocycles. The Morgan fingerprint density at radius 3 is 2.17 bits per heavy atom. The van der Waals surface area contributed by atoms with Crippen molar-refractivity contribution in [1.82, 2.24) is 5.32 Å². The van der Waals surface area contributed by atoms with Crippen LogP contribution in [0.3, 0.4) is 0 Å². The number of hydrogen-bond donors (Lipinski definition) is 1. The summed E-state index contributed by atoms with van der Waals surface area (Å²) in [5, 5.41) is 3.95. The van der Waals surface area contributed by atoms with Gasteiger partial charge in [-0.25, -0.2) is 0 Å². The van der Waals surface area contributed by atoms with Crippen molar-refractivity contribution in [1.29, 1.82) is 0 Å². The standard InChI is InChI=1S/C23H41N/c1-15-19-13-18(23(19,4)5)14-21(15)24-11-7-6-8-16-9-10-17-12-20(16)22(17,2)3/h15-21,24H,6-14H2,1-5H3/t15-,16-,17?,18+,19?,20+,21-/m1/s1. The zero-order valence-corrected chi connectivity index (χ0v) is 16.9. The van der Waals surface area contributed by atoms with Crippen molar-refractivity contribution in [3.8, 4) is 0 Å². The topological polar surface area (TPSA) is 12.0 Å². The lowest BCUT2D eigenvalue weighted by molar-refractivity contribution is -0.115. The maximum atomic E-state index is 3.95. The predicted octanol–water partition coefficient (Wildman–Crippen LogP) is 5.89. The average molecular weight is 332 g/mol. The highest BCUT2D eigenvalue weighted by Crippen LogP contribution is 2.62. The van der Waals surface area contributed by atoms with E-state index in [-0.39, 0.29) is 0 Å². The summed E-state index contributed by atoms with van der Waals surface area (Å²) in [6.07, 6.45) is 11.9. The minimum absolute atomic E-state index is 0.631. The number of unbranched alkanes of at least 4 members (excludes halogenated alkanes) is 1. The van der Waals surface area contributed by atoms with Crippen molar-refractivity contribution in [2.45, 2.75) is 92.0 Å². The molecule has 1 N–H and O–H groups in total. The Labute approximate surface area is 150 Å². The molecule has 6 aliphatic carbocycles. The van der Waals surface area contributed by atoms with Gasteiger partial charge >= 0.3 is 0 Å². The van der Waals surface area contributed by atoms with E-state index in [9.17, 15) is 0 Å². The van der Waals surface area contributed by atoms with Crippen molar-refractivity contribution in [2.75, 3.05) is 6.54 Å². The van der Waals surface area contributed by atoms with Crippen LogP contribution in [0.4, 0.5) is 0 Å². The molecule has 24 heavy (non-hydrogen) atoms. The Kier molecular flexibility index (Phi) is 4.34. The molecule has 2 unspecified atom stereocenters. The molecule has 0 saturated heterocycles. The summed E-state index contributed by atoms with van der Waals surface area (Å²) in [4.78, 5) is 0. The highest BCUT2D eigenvalue weighted by Gasteiger charge is 2.56. The van der Waals surface area contributed by atoms with Gasteiger partial charge in [0.15, 0.2) is 0 Å². The van der Waals surface area contributed by atoms with Crippen molar-refractivity contribution in [2.24, 2.45) is 46.3 Å². The fourth-order valence-electron chi connectivity index (χ4n) is 7.55. The van der Waals surface area contributed by atoms with Gasteiger partial charge in [0, 0.05) is 6.04 Å². The van der Waals surface area contributed by atoms with Crippen LogP contribution in [0, 0.1) is 46.3 Å². The number of fused-ring (bicyclic) bond motifs is 4. The minimum Gasteiger partial charge on any atom is -0.314 e. The van der Waals surface area contributed by atoms with Crippen molar-refractivity contribution in [3.63, 3.8) is 0 Å². The van der Waals surface area contributed by atoms with Gasteiger partial charge in [0.1, 0.15) is 0 Å². The van der Waals surface area contributed by atoms with E-state index in [0.29, 0.717) is 10.8 Å². The number of nitrogens with one attached hydrogen (secondary N) is 1. The summed E-state index contributed by atoms with van der Waals surface area (Å²) in [5.74, 6) is 6.01. The second-order valence-corrected chi connectivity index (χ2v) is 11.2. The molecule has 0 aromatic carbocycles. The largest absolute Gasteiger partial charge is 0.314 e. The summed E-state index contributed by atoms with van der Waals surface area (Å²) in [7, 11) is 0. The molecule has 0 aromatic heterocycles. The summed E-state index contributed by atoms with van der Waals surface area (Å²) < 4.78 is 0. The fourth-order valence-corrected chi connectivity index (χ4v) is 7.55. The highest BCUT2D eigenvalue weighted by molar-refractivity contribution is 5.07. The van der Waals surface area contributed by atoms with Crippen LogP contribution in [0.15, 0.2) is 0 Å². The quantitative estimate of drug-likeness (QED) is 0.598. The Morgan fingerprint density at radius 1 is 0.833 bits per heavy atom. The van der Waals surface area contributed by atoms with Gasteiger partial charge < -0.3 is 5.32 Å². The van der Waals surface area contributed by atoms with Crippen molar-refractivity contribution in [3.05, 3.63) is 0 Å². The molecule has 0 spiro atoms. The van der Waals surface area contributed by atoms with Crippen molar-refractivity contribution >= 4 is 0 Å². The average Bonchev–Trinajstić information content (AvgIpc) is 2.55. The predicted molar refractivity (Wildman–Crippen MR) is 103 cm³/mol. The second kappa shape index (κ2) is 6.00. The monoisotopic (exact) mass is 331 g/mol. The van der Waals surface area contributed by atoms with Gasteiger partial charge in [-0.05, 0) is 91.4 Å². The zero-order valence-electron chi connectivity index (χ0n) is 16.9. The normalized spacial score (nSPS) is 47.6. The summed E-state index contributed by atoms with van der Waals surface area (Å²) in [6, 6.07) is 0.808. The Balaban J connectivity index is 1.15. The molecule has 6 fully saturated rings. The van der Waals surface area contributed by atoms with Crippen LogP contribution in [0.5, 0.6) is 0 Å². The molecule has 6 saturated carbocycles. The smallest absolute Gasteiger partial charge is 0.00983 e. The van der Waals surface area contributed by atoms with E-state index >= 15 is 0 Å². The van der Waals surface area contributed by atoms with E-state index in [0.717, 1.165) is 41.5 Å². The van der Waals surface area contributed by atoms with E-state index in [1.54, 1.807) is 6.42 Å². The van der Waals surface area contributed by atoms with Crippen LogP contribution in [-0.2, 0) is 0 Å². The van der Waals surface area contributed by atoms with Gasteiger partial charge in [-0.3, -0.25) is 0 Å². The highest BCUT2D eigenvalue weighted by atomic mass is 14.9. The molecule has 0 heterocycles. The van der Waals surface area contributed by atoms with Crippen LogP contribution in [0.2, 0.25) is 0 Å². The summed E-state index contributed by atoms with van der Waals surface area (Å²) in [6.45, 7) is 13.9. The molecule has 0 radical (unpaired) electrons. The third-order valence-electron chi connectivity index (χ3n) is 9.76. The van der Waals surface area contributed by atoms with E-state index in [2.05, 4.69) is 39.9 Å². The first kappa shape index (κ1) is 17.4. The molecule has 0 amide bonds. The SMILES string of the molecule is C[C@@H]1C2C[C@@H](C[C@H]1NCCCC[C@@H]1CCC3C[C@@H]1C3(C)C)C2(C)C. The van der Waals surface area contributed by atoms with Crippen molar-refractivity contribution < 1.29 is 0 Å². The van der Waals surface area contributed by atoms with E-state index in [1.165, 1.54) is 51.5 Å². The van der Waals surface area contributed by atoms with Crippen LogP contribution in [-0.4, -0.2) is 12.6 Å². The van der Waals surface area contributed by atoms with E-state index in [4.69, 9.17) is 0 Å². The third-order valence-corrected chi connectivity index (χ3v) is 9.76. The van der Waals surface area contributed by atoms with Crippen LogP contribution >= 0.6 is 0 Å². The van der Waals surface area contributed by atoms with Gasteiger partial charge in [0.05, 0.1) is 0 Å². The molecule has 7 atom stereocenters. The van der Waals surface area contributed by atoms with Gasteiger partial charge in [0.2, 0.25) is 0 Å². The van der Waals surface area contributed by atoms with Crippen LogP contribution < -0.4 is 5.32 Å². The Bertz CT molecular complexity index is 463. The minimum atomic E-state index is 0.631. The lowest BCUT2D eigenvalue weighted by atomic mass is 9.45. The maximum absolute atomic E-state index is 3.95. The molecular weight excluding hydrogens is 290 g/mol. The van der Waals surface area contributed by atoms with Gasteiger partial charge in [-0.1, -0.05) is 47.5 Å². The van der Waals surface area contributed by atoms with E-state index < -0.39 is 0 Å². The summed E-state index contributed by atoms with van der Waals surface area (Å²) >= 11 is 0. The Morgan fingerprint density at radius 2 is 1.54 bits per heavy atom. The number of hydrogen-bond acceptors (Lipinski definition) is 1. The molecule has 138 valence electrons. The maximum Gasteiger partial charge on any atom is 0.00983 e. The molecule has 6 aliphatic rings. The van der Waals surface area contributed by atoms with Gasteiger partial charge in [-0.15, -0.1) is 0 Å². The molecule has 1 nitrogen and oxygen atoms in total. The third kappa shape index (κ3) is 2.60. The molecule has 4 bridgehead atoms. The Hall–Kier alpha value is -0.0400. The lowest BCUT2D eigenvalue weighted by Crippen LogP contribution is -2.60. The molecular formula is C23H41N. The first-order valence-electron chi connectivity index (χ1n) is 11.0. The zero-order chi connectivity index (χ0) is 17.1. The first-order chi connectivity index (χ1) is 11.3. The van der Waals surface area contributed by atoms with Crippen LogP contribution in [0.25, 0.3) is 0 Å². The van der Waals surface area contributed by atoms with Gasteiger partial charge in [0.25, 0.3) is 0 Å². The lowest BCUT2D eigenvalue weighted by Gasteiger charge is -2.62. The summed E-state index contributed by atoms with van der Waals surface area (Å²) in [5.41, 5.74) is 1.30.